The van der Waals surface area contributed by atoms with Crippen LogP contribution >= 0.6 is 0 Å². The van der Waals surface area contributed by atoms with Gasteiger partial charge in [0.2, 0.25) is 0 Å². The van der Waals surface area contributed by atoms with Gasteiger partial charge >= 0.3 is 0 Å². The summed E-state index contributed by atoms with van der Waals surface area (Å²) in [5, 5.41) is 4.12. The summed E-state index contributed by atoms with van der Waals surface area (Å²) in [6, 6.07) is 5.92. The number of amides is 1. The average Bonchev–Trinajstić information content (AvgIpc) is 2.78. The van der Waals surface area contributed by atoms with Crippen molar-refractivity contribution in [3.8, 4) is 5.69 Å². The van der Waals surface area contributed by atoms with E-state index in [1.54, 1.807) is 10.9 Å². The minimum absolute atomic E-state index is 0.384. The van der Waals surface area contributed by atoms with Crippen molar-refractivity contribution in [3.05, 3.63) is 47.3 Å². The summed E-state index contributed by atoms with van der Waals surface area (Å²) in [7, 11) is 0. The molecule has 4 N–H and O–H groups in total. The van der Waals surface area contributed by atoms with Crippen LogP contribution in [-0.4, -0.2) is 15.7 Å². The first-order valence-electron chi connectivity index (χ1n) is 5.26. The van der Waals surface area contributed by atoms with E-state index in [0.29, 0.717) is 12.1 Å². The molecule has 1 heterocycles. The number of primary amides is 1. The van der Waals surface area contributed by atoms with E-state index in [2.05, 4.69) is 5.10 Å². The number of hydrogen-bond acceptors (Lipinski definition) is 3. The highest BCUT2D eigenvalue weighted by Crippen LogP contribution is 2.16. The van der Waals surface area contributed by atoms with Crippen LogP contribution in [0.25, 0.3) is 5.69 Å². The Kier molecular flexibility index (Phi) is 2.93. The molecule has 0 fully saturated rings. The fourth-order valence-corrected chi connectivity index (χ4v) is 1.64. The molecule has 0 aliphatic rings. The molecular formula is C12H14N4O. The molecule has 0 aliphatic carbocycles. The lowest BCUT2D eigenvalue weighted by Crippen LogP contribution is -2.10. The van der Waals surface area contributed by atoms with Crippen LogP contribution in [0.5, 0.6) is 0 Å². The van der Waals surface area contributed by atoms with E-state index in [-0.39, 0.29) is 0 Å². The summed E-state index contributed by atoms with van der Waals surface area (Å²) in [5.41, 5.74) is 14.2. The largest absolute Gasteiger partial charge is 0.366 e. The van der Waals surface area contributed by atoms with Gasteiger partial charge in [0.15, 0.2) is 0 Å². The smallest absolute Gasteiger partial charge is 0.251 e. The summed E-state index contributed by atoms with van der Waals surface area (Å²) in [5.74, 6) is -0.488. The van der Waals surface area contributed by atoms with E-state index >= 15 is 0 Å². The summed E-state index contributed by atoms with van der Waals surface area (Å²) in [4.78, 5) is 11.0. The molecule has 0 radical (unpaired) electrons. The first kappa shape index (κ1) is 11.3. The number of carbonyl (C=O) groups is 1. The highest BCUT2D eigenvalue weighted by atomic mass is 16.1. The topological polar surface area (TPSA) is 86.9 Å². The maximum absolute atomic E-state index is 11.0. The van der Waals surface area contributed by atoms with Gasteiger partial charge in [-0.15, -0.1) is 0 Å². The van der Waals surface area contributed by atoms with Crippen molar-refractivity contribution in [1.82, 2.24) is 9.78 Å². The second-order valence-corrected chi connectivity index (χ2v) is 3.87. The van der Waals surface area contributed by atoms with Gasteiger partial charge in [-0.25, -0.2) is 4.68 Å². The number of nitrogens with two attached hydrogens (primary N) is 2. The van der Waals surface area contributed by atoms with E-state index in [9.17, 15) is 4.79 Å². The lowest BCUT2D eigenvalue weighted by atomic mass is 10.1. The summed E-state index contributed by atoms with van der Waals surface area (Å²) in [6.07, 6.45) is 3.06. The van der Waals surface area contributed by atoms with Gasteiger partial charge in [-0.05, 0) is 24.1 Å². The van der Waals surface area contributed by atoms with E-state index in [1.165, 1.54) is 6.20 Å². The Morgan fingerprint density at radius 2 is 2.24 bits per heavy atom. The predicted molar refractivity (Wildman–Crippen MR) is 64.7 cm³/mol. The van der Waals surface area contributed by atoms with Crippen LogP contribution in [0, 0.1) is 6.92 Å². The Morgan fingerprint density at radius 3 is 2.82 bits per heavy atom. The van der Waals surface area contributed by atoms with E-state index in [0.717, 1.165) is 16.8 Å². The molecular weight excluding hydrogens is 216 g/mol. The number of benzene rings is 1. The highest BCUT2D eigenvalue weighted by molar-refractivity contribution is 5.92. The van der Waals surface area contributed by atoms with Crippen molar-refractivity contribution in [2.75, 3.05) is 0 Å². The summed E-state index contributed by atoms with van der Waals surface area (Å²) in [6.45, 7) is 2.41. The van der Waals surface area contributed by atoms with Crippen molar-refractivity contribution >= 4 is 5.91 Å². The van der Waals surface area contributed by atoms with Crippen LogP contribution in [0.1, 0.15) is 21.5 Å². The third-order valence-electron chi connectivity index (χ3n) is 2.57. The Bertz CT molecular complexity index is 559. The number of carbonyl (C=O) groups excluding carboxylic acids is 1. The Morgan fingerprint density at radius 1 is 1.47 bits per heavy atom. The molecule has 5 heteroatoms. The van der Waals surface area contributed by atoms with Gasteiger partial charge < -0.3 is 11.5 Å². The molecule has 17 heavy (non-hydrogen) atoms. The lowest BCUT2D eigenvalue weighted by molar-refractivity contribution is 0.100. The van der Waals surface area contributed by atoms with E-state index in [1.807, 2.05) is 25.1 Å². The van der Waals surface area contributed by atoms with E-state index < -0.39 is 5.91 Å². The summed E-state index contributed by atoms with van der Waals surface area (Å²) >= 11 is 0. The van der Waals surface area contributed by atoms with E-state index in [4.69, 9.17) is 11.5 Å². The van der Waals surface area contributed by atoms with Crippen LogP contribution in [0.15, 0.2) is 30.6 Å². The van der Waals surface area contributed by atoms with Crippen molar-refractivity contribution < 1.29 is 4.79 Å². The van der Waals surface area contributed by atoms with Gasteiger partial charge in [-0.2, -0.15) is 5.10 Å². The van der Waals surface area contributed by atoms with Crippen LogP contribution in [0.2, 0.25) is 0 Å². The number of nitrogens with zero attached hydrogens (tertiary/aromatic N) is 2. The van der Waals surface area contributed by atoms with Crippen LogP contribution in [0.4, 0.5) is 0 Å². The molecule has 88 valence electrons. The Hall–Kier alpha value is -2.14. The second kappa shape index (κ2) is 4.39. The fourth-order valence-electron chi connectivity index (χ4n) is 1.64. The molecule has 0 aliphatic heterocycles. The zero-order valence-electron chi connectivity index (χ0n) is 9.55. The summed E-state index contributed by atoms with van der Waals surface area (Å²) < 4.78 is 1.62. The minimum atomic E-state index is -0.488. The molecule has 0 unspecified atom stereocenters. The molecule has 1 aromatic heterocycles. The molecule has 0 spiro atoms. The maximum Gasteiger partial charge on any atom is 0.251 e. The molecule has 2 rings (SSSR count). The van der Waals surface area contributed by atoms with Crippen molar-refractivity contribution in [2.45, 2.75) is 13.5 Å². The van der Waals surface area contributed by atoms with Crippen molar-refractivity contribution in [1.29, 1.82) is 0 Å². The first-order chi connectivity index (χ1) is 8.11. The second-order valence-electron chi connectivity index (χ2n) is 3.87. The zero-order chi connectivity index (χ0) is 12.4. The molecule has 1 amide bonds. The average molecular weight is 230 g/mol. The van der Waals surface area contributed by atoms with Gasteiger partial charge in [0, 0.05) is 12.7 Å². The van der Waals surface area contributed by atoms with Gasteiger partial charge in [0.25, 0.3) is 5.91 Å². The molecule has 2 aromatic rings. The third kappa shape index (κ3) is 2.19. The van der Waals surface area contributed by atoms with Crippen LogP contribution in [-0.2, 0) is 6.54 Å². The molecule has 0 atom stereocenters. The van der Waals surface area contributed by atoms with Gasteiger partial charge in [-0.3, -0.25) is 4.79 Å². The fraction of sp³-hybridized carbons (Fsp3) is 0.167. The maximum atomic E-state index is 11.0. The minimum Gasteiger partial charge on any atom is -0.366 e. The number of rotatable bonds is 3. The van der Waals surface area contributed by atoms with Crippen molar-refractivity contribution in [3.63, 3.8) is 0 Å². The number of aromatic nitrogens is 2. The number of hydrogen-bond donors (Lipinski definition) is 2. The molecule has 1 aromatic carbocycles. The molecule has 0 saturated carbocycles. The van der Waals surface area contributed by atoms with Crippen LogP contribution in [0.3, 0.4) is 0 Å². The quantitative estimate of drug-likeness (QED) is 0.815. The SMILES string of the molecule is Cc1ccc(CN)c(-n2cc(C(N)=O)cn2)c1. The number of aryl methyl sites for hydroxylation is 1. The zero-order valence-corrected chi connectivity index (χ0v) is 9.55. The van der Waals surface area contributed by atoms with Gasteiger partial charge in [0.05, 0.1) is 17.4 Å². The van der Waals surface area contributed by atoms with Gasteiger partial charge in [0.1, 0.15) is 0 Å². The normalized spacial score (nSPS) is 10.5. The first-order valence-corrected chi connectivity index (χ1v) is 5.26. The molecule has 5 nitrogen and oxygen atoms in total. The van der Waals surface area contributed by atoms with Crippen LogP contribution < -0.4 is 11.5 Å². The molecule has 0 bridgehead atoms. The highest BCUT2D eigenvalue weighted by Gasteiger charge is 2.08. The Labute approximate surface area is 99.0 Å². The Balaban J connectivity index is 2.51. The predicted octanol–water partition coefficient (Wildman–Crippen LogP) is 0.738. The molecule has 0 saturated heterocycles. The van der Waals surface area contributed by atoms with Crippen molar-refractivity contribution in [2.24, 2.45) is 11.5 Å². The standard InChI is InChI=1S/C12H14N4O/c1-8-2-3-9(5-13)11(4-8)16-7-10(6-15-16)12(14)17/h2-4,6-7H,5,13H2,1H3,(H2,14,17). The third-order valence-corrected chi connectivity index (χ3v) is 2.57. The lowest BCUT2D eigenvalue weighted by Gasteiger charge is -2.08. The van der Waals surface area contributed by atoms with Gasteiger partial charge in [-0.1, -0.05) is 12.1 Å². The monoisotopic (exact) mass is 230 g/mol.